The molecule has 2 aromatic carbocycles. The maximum absolute atomic E-state index is 12.1. The number of aromatic nitrogens is 1. The number of hydrogen-bond donors (Lipinski definition) is 3. The molecule has 0 radical (unpaired) electrons. The molecule has 0 aliphatic carbocycles. The molecule has 0 bridgehead atoms. The summed E-state index contributed by atoms with van der Waals surface area (Å²) in [6, 6.07) is 10.5. The molecule has 0 atom stereocenters. The summed E-state index contributed by atoms with van der Waals surface area (Å²) in [5.74, 6) is -0.858. The molecule has 8 nitrogen and oxygen atoms in total. The van der Waals surface area contributed by atoms with Gasteiger partial charge in [-0.1, -0.05) is 29.8 Å². The number of alkyl carbamates (subject to hydrolysis) is 1. The number of hydrogen-bond acceptors (Lipinski definition) is 6. The summed E-state index contributed by atoms with van der Waals surface area (Å²) in [6.07, 6.45) is 2.70. The first-order chi connectivity index (χ1) is 16.5. The van der Waals surface area contributed by atoms with Crippen molar-refractivity contribution in [3.63, 3.8) is 0 Å². The van der Waals surface area contributed by atoms with Gasteiger partial charge in [0, 0.05) is 36.3 Å². The minimum absolute atomic E-state index is 0.0111. The number of piperidine rings is 1. The normalized spacial score (nSPS) is 14.7. The first-order valence-electron chi connectivity index (χ1n) is 11.5. The van der Waals surface area contributed by atoms with E-state index in [2.05, 4.69) is 15.2 Å². The van der Waals surface area contributed by atoms with E-state index in [1.165, 1.54) is 6.07 Å². The molecule has 4 rings (SSSR count). The molecule has 2 heterocycles. The summed E-state index contributed by atoms with van der Waals surface area (Å²) < 4.78 is 5.37. The second-order valence-electron chi connectivity index (χ2n) is 9.66. The number of primary amides is 1. The Morgan fingerprint density at radius 1 is 1.20 bits per heavy atom. The van der Waals surface area contributed by atoms with E-state index in [1.807, 2.05) is 39.0 Å². The van der Waals surface area contributed by atoms with Crippen molar-refractivity contribution in [1.29, 1.82) is 0 Å². The molecule has 1 aliphatic rings. The number of fused-ring (bicyclic) bond motifs is 1. The molecule has 0 spiro atoms. The first kappa shape index (κ1) is 24.6. The summed E-state index contributed by atoms with van der Waals surface area (Å²) in [5, 5.41) is 14.9. The highest BCUT2D eigenvalue weighted by atomic mass is 35.5. The van der Waals surface area contributed by atoms with Gasteiger partial charge in [-0.05, 0) is 57.4 Å². The fraction of sp³-hybridized carbons (Fsp3) is 0.346. The Morgan fingerprint density at radius 2 is 1.91 bits per heavy atom. The number of carbonyl (C=O) groups excluding carboxylic acids is 2. The van der Waals surface area contributed by atoms with E-state index in [1.54, 1.807) is 18.3 Å². The van der Waals surface area contributed by atoms with Crippen LogP contribution in [0.5, 0.6) is 5.75 Å². The number of halogens is 1. The van der Waals surface area contributed by atoms with Gasteiger partial charge in [-0.15, -0.1) is 0 Å². The van der Waals surface area contributed by atoms with E-state index in [0.717, 1.165) is 29.4 Å². The number of pyridine rings is 1. The van der Waals surface area contributed by atoms with Crippen LogP contribution in [0.3, 0.4) is 0 Å². The average Bonchev–Trinajstić information content (AvgIpc) is 2.78. The second kappa shape index (κ2) is 9.62. The number of nitrogens with zero attached hydrogens (tertiary/aromatic N) is 2. The minimum Gasteiger partial charge on any atom is -0.506 e. The third-order valence-electron chi connectivity index (χ3n) is 5.94. The first-order valence-corrected chi connectivity index (χ1v) is 11.9. The molecule has 184 valence electrons. The highest BCUT2D eigenvalue weighted by Crippen LogP contribution is 2.39. The number of nitrogens with one attached hydrogen (secondary N) is 1. The average molecular weight is 497 g/mol. The summed E-state index contributed by atoms with van der Waals surface area (Å²) >= 11 is 6.62. The Bertz CT molecular complexity index is 1280. The molecule has 3 aromatic rings. The number of nitrogens with two attached hydrogens (primary N) is 1. The van der Waals surface area contributed by atoms with Crippen LogP contribution in [0.1, 0.15) is 44.0 Å². The number of carbonyl (C=O) groups is 2. The van der Waals surface area contributed by atoms with Crippen LogP contribution in [0.25, 0.3) is 22.0 Å². The van der Waals surface area contributed by atoms with Crippen LogP contribution in [0.15, 0.2) is 42.6 Å². The molecular formula is C26H29ClN4O4. The molecule has 4 N–H and O–H groups in total. The lowest BCUT2D eigenvalue weighted by atomic mass is 9.98. The zero-order chi connectivity index (χ0) is 25.3. The molecule has 1 saturated heterocycles. The van der Waals surface area contributed by atoms with Gasteiger partial charge in [-0.25, -0.2) is 4.79 Å². The third kappa shape index (κ3) is 5.43. The predicted octanol–water partition coefficient (Wildman–Crippen LogP) is 4.85. The van der Waals surface area contributed by atoms with Crippen molar-refractivity contribution in [3.05, 3.63) is 53.2 Å². The second-order valence-corrected chi connectivity index (χ2v) is 10.1. The van der Waals surface area contributed by atoms with E-state index >= 15 is 0 Å². The number of phenols is 1. The number of ether oxygens (including phenoxy) is 1. The molecule has 1 fully saturated rings. The standard InChI is InChI=1S/C26H29ClN4O4/c1-26(2,3)35-25(34)30-16-9-11-31(12-10-16)22-19-13-15(7-8-21(19)29-14-20(22)27)17-5-4-6-18(23(17)32)24(28)33/h4-8,13-14,16,32H,9-12H2,1-3H3,(H2,28,33)(H,30,34). The monoisotopic (exact) mass is 496 g/mol. The Kier molecular flexibility index (Phi) is 6.76. The smallest absolute Gasteiger partial charge is 0.407 e. The van der Waals surface area contributed by atoms with Crippen molar-refractivity contribution < 1.29 is 19.4 Å². The summed E-state index contributed by atoms with van der Waals surface area (Å²) in [5.41, 5.74) is 7.73. The van der Waals surface area contributed by atoms with Crippen LogP contribution < -0.4 is 16.0 Å². The lowest BCUT2D eigenvalue weighted by molar-refractivity contribution is 0.0497. The quantitative estimate of drug-likeness (QED) is 0.475. The Labute approximate surface area is 209 Å². The van der Waals surface area contributed by atoms with Crippen molar-refractivity contribution >= 4 is 40.2 Å². The van der Waals surface area contributed by atoms with Gasteiger partial charge in [-0.3, -0.25) is 9.78 Å². The topological polar surface area (TPSA) is 118 Å². The molecule has 2 amide bonds. The molecule has 1 aliphatic heterocycles. The van der Waals surface area contributed by atoms with Gasteiger partial charge in [0.1, 0.15) is 11.4 Å². The number of rotatable bonds is 4. The highest BCUT2D eigenvalue weighted by molar-refractivity contribution is 6.34. The summed E-state index contributed by atoms with van der Waals surface area (Å²) in [4.78, 5) is 30.5. The summed E-state index contributed by atoms with van der Waals surface area (Å²) in [7, 11) is 0. The Balaban J connectivity index is 1.61. The van der Waals surface area contributed by atoms with Crippen molar-refractivity contribution in [1.82, 2.24) is 10.3 Å². The van der Waals surface area contributed by atoms with Gasteiger partial charge >= 0.3 is 6.09 Å². The van der Waals surface area contributed by atoms with Crippen LogP contribution in [0, 0.1) is 0 Å². The van der Waals surface area contributed by atoms with Crippen LogP contribution in [0.4, 0.5) is 10.5 Å². The fourth-order valence-corrected chi connectivity index (χ4v) is 4.61. The van der Waals surface area contributed by atoms with Crippen molar-refractivity contribution in [2.45, 2.75) is 45.3 Å². The lowest BCUT2D eigenvalue weighted by Gasteiger charge is -2.35. The maximum atomic E-state index is 12.1. The van der Waals surface area contributed by atoms with E-state index < -0.39 is 17.6 Å². The van der Waals surface area contributed by atoms with Crippen molar-refractivity contribution in [2.24, 2.45) is 5.73 Å². The molecule has 9 heteroatoms. The fourth-order valence-electron chi connectivity index (χ4n) is 4.34. The Hall–Kier alpha value is -3.52. The molecule has 0 unspecified atom stereocenters. The zero-order valence-corrected chi connectivity index (χ0v) is 20.7. The lowest BCUT2D eigenvalue weighted by Crippen LogP contribution is -2.46. The zero-order valence-electron chi connectivity index (χ0n) is 20.0. The van der Waals surface area contributed by atoms with Gasteiger partial charge < -0.3 is 25.8 Å². The van der Waals surface area contributed by atoms with Crippen molar-refractivity contribution in [2.75, 3.05) is 18.0 Å². The maximum Gasteiger partial charge on any atom is 0.407 e. The van der Waals surface area contributed by atoms with E-state index in [9.17, 15) is 14.7 Å². The SMILES string of the molecule is CC(C)(C)OC(=O)NC1CCN(c2c(Cl)cnc3ccc(-c4cccc(C(N)=O)c4O)cc23)CC1. The van der Waals surface area contributed by atoms with Gasteiger partial charge in [0.05, 0.1) is 21.8 Å². The molecular weight excluding hydrogens is 468 g/mol. The molecule has 1 aromatic heterocycles. The number of para-hydroxylation sites is 1. The predicted molar refractivity (Wildman–Crippen MR) is 137 cm³/mol. The van der Waals surface area contributed by atoms with Gasteiger partial charge in [-0.2, -0.15) is 0 Å². The minimum atomic E-state index is -0.696. The van der Waals surface area contributed by atoms with Gasteiger partial charge in [0.2, 0.25) is 0 Å². The van der Waals surface area contributed by atoms with E-state index in [0.29, 0.717) is 29.2 Å². The third-order valence-corrected chi connectivity index (χ3v) is 6.22. The van der Waals surface area contributed by atoms with E-state index in [-0.39, 0.29) is 17.4 Å². The van der Waals surface area contributed by atoms with Crippen molar-refractivity contribution in [3.8, 4) is 16.9 Å². The van der Waals surface area contributed by atoms with Gasteiger partial charge in [0.15, 0.2) is 0 Å². The van der Waals surface area contributed by atoms with E-state index in [4.69, 9.17) is 22.1 Å². The molecule has 0 saturated carbocycles. The highest BCUT2D eigenvalue weighted by Gasteiger charge is 2.26. The number of anilines is 1. The largest absolute Gasteiger partial charge is 0.506 e. The van der Waals surface area contributed by atoms with Crippen LogP contribution >= 0.6 is 11.6 Å². The summed E-state index contributed by atoms with van der Waals surface area (Å²) in [6.45, 7) is 6.88. The van der Waals surface area contributed by atoms with Crippen LogP contribution in [-0.4, -0.2) is 46.8 Å². The van der Waals surface area contributed by atoms with Crippen LogP contribution in [0.2, 0.25) is 5.02 Å². The number of aromatic hydroxyl groups is 1. The Morgan fingerprint density at radius 3 is 2.57 bits per heavy atom. The van der Waals surface area contributed by atoms with Gasteiger partial charge in [0.25, 0.3) is 5.91 Å². The van der Waals surface area contributed by atoms with Crippen LogP contribution in [-0.2, 0) is 4.74 Å². The number of amides is 2. The molecule has 35 heavy (non-hydrogen) atoms. The number of benzene rings is 2.